The molecule has 0 bridgehead atoms. The van der Waals surface area contributed by atoms with Gasteiger partial charge in [0.1, 0.15) is 5.82 Å². The first kappa shape index (κ1) is 17.9. The van der Waals surface area contributed by atoms with E-state index in [2.05, 4.69) is 49.4 Å². The van der Waals surface area contributed by atoms with Crippen LogP contribution in [0.3, 0.4) is 0 Å². The van der Waals surface area contributed by atoms with Crippen molar-refractivity contribution in [3.63, 3.8) is 0 Å². The second-order valence-electron chi connectivity index (χ2n) is 8.79. The quantitative estimate of drug-likeness (QED) is 0.723. The summed E-state index contributed by atoms with van der Waals surface area (Å²) in [4.78, 5) is 13.8. The standard InChI is InChI=1S/C22H27N5/c1-21(2)13-16(14-22(3,4)27-21)24-20-17-7-5-6-8-18(17)25-19(26-20)15-9-11-23-12-10-15/h5-12,16,27H,13-14H2,1-4H3,(H,24,25,26). The molecular weight excluding hydrogens is 334 g/mol. The summed E-state index contributed by atoms with van der Waals surface area (Å²) in [5.41, 5.74) is 2.09. The minimum absolute atomic E-state index is 0.0795. The number of hydrogen-bond acceptors (Lipinski definition) is 5. The molecule has 0 saturated carbocycles. The number of piperidine rings is 1. The minimum Gasteiger partial charge on any atom is -0.367 e. The fraction of sp³-hybridized carbons (Fsp3) is 0.409. The van der Waals surface area contributed by atoms with Crippen molar-refractivity contribution < 1.29 is 0 Å². The van der Waals surface area contributed by atoms with Crippen LogP contribution in [0.2, 0.25) is 0 Å². The summed E-state index contributed by atoms with van der Waals surface area (Å²) in [5, 5.41) is 8.54. The lowest BCUT2D eigenvalue weighted by Gasteiger charge is -2.46. The third-order valence-electron chi connectivity index (χ3n) is 5.07. The number of nitrogens with zero attached hydrogens (tertiary/aromatic N) is 3. The number of benzene rings is 1. The Kier molecular flexibility index (Phi) is 4.35. The van der Waals surface area contributed by atoms with Crippen molar-refractivity contribution in [3.05, 3.63) is 48.8 Å². The van der Waals surface area contributed by atoms with Gasteiger partial charge in [-0.1, -0.05) is 12.1 Å². The average molecular weight is 361 g/mol. The molecule has 0 spiro atoms. The second kappa shape index (κ2) is 6.57. The van der Waals surface area contributed by atoms with E-state index >= 15 is 0 Å². The van der Waals surface area contributed by atoms with Crippen LogP contribution >= 0.6 is 0 Å². The third-order valence-corrected chi connectivity index (χ3v) is 5.07. The van der Waals surface area contributed by atoms with Gasteiger partial charge in [0, 0.05) is 40.5 Å². The van der Waals surface area contributed by atoms with E-state index in [9.17, 15) is 0 Å². The Morgan fingerprint density at radius 3 is 2.30 bits per heavy atom. The molecule has 5 nitrogen and oxygen atoms in total. The summed E-state index contributed by atoms with van der Waals surface area (Å²) in [6.07, 6.45) is 5.64. The lowest BCUT2D eigenvalue weighted by Crippen LogP contribution is -2.60. The molecule has 1 aromatic carbocycles. The highest BCUT2D eigenvalue weighted by Gasteiger charge is 2.37. The van der Waals surface area contributed by atoms with Crippen LogP contribution in [0, 0.1) is 0 Å². The molecule has 1 saturated heterocycles. The van der Waals surface area contributed by atoms with Crippen molar-refractivity contribution in [2.45, 2.75) is 57.7 Å². The zero-order chi connectivity index (χ0) is 19.1. The zero-order valence-corrected chi connectivity index (χ0v) is 16.5. The highest BCUT2D eigenvalue weighted by molar-refractivity contribution is 5.90. The van der Waals surface area contributed by atoms with Crippen LogP contribution in [-0.4, -0.2) is 32.1 Å². The van der Waals surface area contributed by atoms with Gasteiger partial charge < -0.3 is 10.6 Å². The van der Waals surface area contributed by atoms with Crippen molar-refractivity contribution in [2.75, 3.05) is 5.32 Å². The Hall–Kier alpha value is -2.53. The maximum Gasteiger partial charge on any atom is 0.162 e. The molecule has 3 heterocycles. The highest BCUT2D eigenvalue weighted by atomic mass is 15.1. The van der Waals surface area contributed by atoms with E-state index in [4.69, 9.17) is 9.97 Å². The number of rotatable bonds is 3. The van der Waals surface area contributed by atoms with E-state index < -0.39 is 0 Å². The molecule has 0 unspecified atom stereocenters. The summed E-state index contributed by atoms with van der Waals surface area (Å²) in [6.45, 7) is 9.07. The Balaban J connectivity index is 1.74. The molecule has 5 heteroatoms. The van der Waals surface area contributed by atoms with Crippen LogP contribution in [0.4, 0.5) is 5.82 Å². The lowest BCUT2D eigenvalue weighted by molar-refractivity contribution is 0.170. The lowest BCUT2D eigenvalue weighted by atomic mass is 9.79. The van der Waals surface area contributed by atoms with Gasteiger partial charge in [-0.05, 0) is 64.8 Å². The van der Waals surface area contributed by atoms with Gasteiger partial charge in [-0.3, -0.25) is 4.98 Å². The molecule has 2 N–H and O–H groups in total. The van der Waals surface area contributed by atoms with E-state index in [-0.39, 0.29) is 11.1 Å². The highest BCUT2D eigenvalue weighted by Crippen LogP contribution is 2.32. The predicted molar refractivity (Wildman–Crippen MR) is 111 cm³/mol. The molecule has 0 radical (unpaired) electrons. The molecule has 3 aromatic rings. The fourth-order valence-electron chi connectivity index (χ4n) is 4.43. The van der Waals surface area contributed by atoms with E-state index in [1.807, 2.05) is 30.3 Å². The van der Waals surface area contributed by atoms with Gasteiger partial charge in [0.2, 0.25) is 0 Å². The van der Waals surface area contributed by atoms with Crippen LogP contribution in [-0.2, 0) is 0 Å². The number of nitrogens with one attached hydrogen (secondary N) is 2. The summed E-state index contributed by atoms with van der Waals surface area (Å²) in [6, 6.07) is 12.4. The Labute approximate surface area is 160 Å². The van der Waals surface area contributed by atoms with Crippen LogP contribution < -0.4 is 10.6 Å². The van der Waals surface area contributed by atoms with Gasteiger partial charge in [0.05, 0.1) is 5.52 Å². The van der Waals surface area contributed by atoms with Crippen molar-refractivity contribution in [3.8, 4) is 11.4 Å². The summed E-state index contributed by atoms with van der Waals surface area (Å²) < 4.78 is 0. The molecule has 140 valence electrons. The molecule has 27 heavy (non-hydrogen) atoms. The summed E-state index contributed by atoms with van der Waals surface area (Å²) in [7, 11) is 0. The minimum atomic E-state index is 0.0795. The van der Waals surface area contributed by atoms with Crippen molar-refractivity contribution in [1.82, 2.24) is 20.3 Å². The maximum absolute atomic E-state index is 4.89. The van der Waals surface area contributed by atoms with Crippen molar-refractivity contribution in [1.29, 1.82) is 0 Å². The van der Waals surface area contributed by atoms with Gasteiger partial charge >= 0.3 is 0 Å². The van der Waals surface area contributed by atoms with Crippen LogP contribution in [0.15, 0.2) is 48.8 Å². The van der Waals surface area contributed by atoms with Gasteiger partial charge in [0.25, 0.3) is 0 Å². The van der Waals surface area contributed by atoms with Gasteiger partial charge in [-0.2, -0.15) is 0 Å². The normalized spacial score (nSPS) is 19.1. The molecule has 1 fully saturated rings. The molecule has 4 rings (SSSR count). The smallest absolute Gasteiger partial charge is 0.162 e. The third kappa shape index (κ3) is 3.93. The van der Waals surface area contributed by atoms with Crippen LogP contribution in [0.25, 0.3) is 22.3 Å². The zero-order valence-electron chi connectivity index (χ0n) is 16.5. The Morgan fingerprint density at radius 1 is 0.926 bits per heavy atom. The number of pyridine rings is 1. The first-order chi connectivity index (χ1) is 12.8. The van der Waals surface area contributed by atoms with E-state index in [1.54, 1.807) is 12.4 Å². The molecule has 1 aliphatic rings. The maximum atomic E-state index is 4.89. The molecule has 0 aliphatic carbocycles. The van der Waals surface area contributed by atoms with Gasteiger partial charge in [-0.15, -0.1) is 0 Å². The van der Waals surface area contributed by atoms with Crippen LogP contribution in [0.5, 0.6) is 0 Å². The SMILES string of the molecule is CC1(C)CC(Nc2nc(-c3ccncc3)nc3ccccc23)CC(C)(C)N1. The number of anilines is 1. The van der Waals surface area contributed by atoms with Crippen molar-refractivity contribution in [2.24, 2.45) is 0 Å². The predicted octanol–water partition coefficient (Wildman–Crippen LogP) is 4.41. The van der Waals surface area contributed by atoms with Gasteiger partial charge in [-0.25, -0.2) is 9.97 Å². The number of fused-ring (bicyclic) bond motifs is 1. The molecule has 0 atom stereocenters. The molecule has 0 amide bonds. The number of aromatic nitrogens is 3. The van der Waals surface area contributed by atoms with E-state index in [0.29, 0.717) is 6.04 Å². The molecule has 1 aliphatic heterocycles. The van der Waals surface area contributed by atoms with E-state index in [0.717, 1.165) is 41.0 Å². The fourth-order valence-corrected chi connectivity index (χ4v) is 4.43. The topological polar surface area (TPSA) is 62.7 Å². The van der Waals surface area contributed by atoms with Crippen molar-refractivity contribution >= 4 is 16.7 Å². The molecular formula is C22H27N5. The average Bonchev–Trinajstić information content (AvgIpc) is 2.59. The number of hydrogen-bond donors (Lipinski definition) is 2. The number of para-hydroxylation sites is 1. The largest absolute Gasteiger partial charge is 0.367 e. The Bertz CT molecular complexity index is 933. The first-order valence-electron chi connectivity index (χ1n) is 9.54. The second-order valence-corrected chi connectivity index (χ2v) is 8.79. The summed E-state index contributed by atoms with van der Waals surface area (Å²) >= 11 is 0. The van der Waals surface area contributed by atoms with Crippen LogP contribution in [0.1, 0.15) is 40.5 Å². The van der Waals surface area contributed by atoms with Gasteiger partial charge in [0.15, 0.2) is 5.82 Å². The summed E-state index contributed by atoms with van der Waals surface area (Å²) in [5.74, 6) is 1.64. The Morgan fingerprint density at radius 2 is 1.59 bits per heavy atom. The first-order valence-corrected chi connectivity index (χ1v) is 9.54. The monoisotopic (exact) mass is 361 g/mol. The van der Waals surface area contributed by atoms with E-state index in [1.165, 1.54) is 0 Å². The molecule has 2 aromatic heterocycles.